The second-order valence-corrected chi connectivity index (χ2v) is 3.41. The minimum absolute atomic E-state index is 0.0623. The third-order valence-electron chi connectivity index (χ3n) is 2.57. The number of rotatable bonds is 2. The van der Waals surface area contributed by atoms with E-state index in [0.29, 0.717) is 6.04 Å². The van der Waals surface area contributed by atoms with Gasteiger partial charge in [0, 0.05) is 24.4 Å². The highest BCUT2D eigenvalue weighted by atomic mass is 16.3. The van der Waals surface area contributed by atoms with Crippen molar-refractivity contribution in [3.05, 3.63) is 29.6 Å². The molecule has 0 spiro atoms. The van der Waals surface area contributed by atoms with E-state index in [4.69, 9.17) is 5.11 Å². The molecule has 0 aromatic carbocycles. The van der Waals surface area contributed by atoms with Gasteiger partial charge in [0.2, 0.25) is 0 Å². The third kappa shape index (κ3) is 1.87. The first kappa shape index (κ1) is 8.66. The summed E-state index contributed by atoms with van der Waals surface area (Å²) in [5.41, 5.74) is 2.54. The molecule has 1 atom stereocenters. The van der Waals surface area contributed by atoms with E-state index in [1.165, 1.54) is 11.3 Å². The molecule has 1 unspecified atom stereocenters. The number of nitrogens with one attached hydrogen (secondary N) is 1. The molecule has 1 aromatic rings. The van der Waals surface area contributed by atoms with Crippen molar-refractivity contribution in [2.24, 2.45) is 0 Å². The van der Waals surface area contributed by atoms with E-state index in [1.807, 2.05) is 12.3 Å². The zero-order valence-electron chi connectivity index (χ0n) is 7.53. The molecule has 1 aliphatic rings. The summed E-state index contributed by atoms with van der Waals surface area (Å²) in [6.45, 7) is 0.0623. The van der Waals surface area contributed by atoms with Crippen LogP contribution in [0.25, 0.3) is 0 Å². The maximum Gasteiger partial charge on any atom is 0.0933 e. The summed E-state index contributed by atoms with van der Waals surface area (Å²) in [7, 11) is 0. The van der Waals surface area contributed by atoms with Crippen molar-refractivity contribution in [2.75, 3.05) is 6.73 Å². The molecule has 1 aliphatic carbocycles. The monoisotopic (exact) mass is 178 g/mol. The highest BCUT2D eigenvalue weighted by molar-refractivity contribution is 5.23. The summed E-state index contributed by atoms with van der Waals surface area (Å²) >= 11 is 0. The van der Waals surface area contributed by atoms with Crippen molar-refractivity contribution < 1.29 is 5.11 Å². The number of aliphatic hydroxyl groups is 1. The Balaban J connectivity index is 2.11. The number of aliphatic hydroxyl groups excluding tert-OH is 1. The van der Waals surface area contributed by atoms with Gasteiger partial charge in [0.25, 0.3) is 0 Å². The Kier molecular flexibility index (Phi) is 2.57. The summed E-state index contributed by atoms with van der Waals surface area (Å²) < 4.78 is 0. The second-order valence-electron chi connectivity index (χ2n) is 3.41. The van der Waals surface area contributed by atoms with Crippen LogP contribution in [0.4, 0.5) is 0 Å². The number of nitrogens with zero attached hydrogens (tertiary/aromatic N) is 1. The van der Waals surface area contributed by atoms with Gasteiger partial charge in [0.15, 0.2) is 0 Å². The molecule has 1 heterocycles. The van der Waals surface area contributed by atoms with Crippen molar-refractivity contribution >= 4 is 0 Å². The second kappa shape index (κ2) is 3.85. The molecule has 3 nitrogen and oxygen atoms in total. The van der Waals surface area contributed by atoms with Gasteiger partial charge in [-0.15, -0.1) is 0 Å². The maximum atomic E-state index is 8.73. The zero-order valence-corrected chi connectivity index (χ0v) is 7.53. The van der Waals surface area contributed by atoms with Crippen LogP contribution in [0.3, 0.4) is 0 Å². The molecule has 3 heteroatoms. The average molecular weight is 178 g/mol. The smallest absolute Gasteiger partial charge is 0.0933 e. The summed E-state index contributed by atoms with van der Waals surface area (Å²) in [5, 5.41) is 11.8. The van der Waals surface area contributed by atoms with Crippen LogP contribution in [0.1, 0.15) is 17.7 Å². The SMILES string of the molecule is OCNC1CCc2cccnc2C1. The molecule has 0 fully saturated rings. The number of hydrogen-bond acceptors (Lipinski definition) is 3. The number of pyridine rings is 1. The van der Waals surface area contributed by atoms with Crippen molar-refractivity contribution in [2.45, 2.75) is 25.3 Å². The van der Waals surface area contributed by atoms with Gasteiger partial charge in [-0.05, 0) is 24.5 Å². The van der Waals surface area contributed by atoms with E-state index in [-0.39, 0.29) is 6.73 Å². The first-order valence-electron chi connectivity index (χ1n) is 4.67. The molecule has 0 saturated carbocycles. The number of fused-ring (bicyclic) bond motifs is 1. The quantitative estimate of drug-likeness (QED) is 0.647. The van der Waals surface area contributed by atoms with E-state index in [1.54, 1.807) is 0 Å². The fourth-order valence-electron chi connectivity index (χ4n) is 1.85. The van der Waals surface area contributed by atoms with Crippen LogP contribution in [0.5, 0.6) is 0 Å². The highest BCUT2D eigenvalue weighted by Gasteiger charge is 2.17. The van der Waals surface area contributed by atoms with Crippen LogP contribution in [-0.2, 0) is 12.8 Å². The molecule has 2 N–H and O–H groups in total. The minimum atomic E-state index is 0.0623. The largest absolute Gasteiger partial charge is 0.381 e. The Hall–Kier alpha value is -0.930. The summed E-state index contributed by atoms with van der Waals surface area (Å²) in [6, 6.07) is 4.52. The van der Waals surface area contributed by atoms with Crippen molar-refractivity contribution in [1.29, 1.82) is 0 Å². The average Bonchev–Trinajstić information content (AvgIpc) is 2.18. The maximum absolute atomic E-state index is 8.73. The Bertz CT molecular complexity index is 288. The summed E-state index contributed by atoms with van der Waals surface area (Å²) in [6.07, 6.45) is 4.94. The molecule has 0 bridgehead atoms. The van der Waals surface area contributed by atoms with Gasteiger partial charge in [0.1, 0.15) is 0 Å². The zero-order chi connectivity index (χ0) is 9.10. The summed E-state index contributed by atoms with van der Waals surface area (Å²) in [4.78, 5) is 4.33. The number of aromatic nitrogens is 1. The van der Waals surface area contributed by atoms with Crippen LogP contribution in [-0.4, -0.2) is 22.9 Å². The lowest BCUT2D eigenvalue weighted by Gasteiger charge is -2.23. The molecular formula is C10H14N2O. The van der Waals surface area contributed by atoms with Crippen LogP contribution in [0, 0.1) is 0 Å². The van der Waals surface area contributed by atoms with Crippen LogP contribution >= 0.6 is 0 Å². The fraction of sp³-hybridized carbons (Fsp3) is 0.500. The number of hydrogen-bond donors (Lipinski definition) is 2. The lowest BCUT2D eigenvalue weighted by molar-refractivity contribution is 0.233. The van der Waals surface area contributed by atoms with Crippen LogP contribution in [0.2, 0.25) is 0 Å². The molecule has 13 heavy (non-hydrogen) atoms. The van der Waals surface area contributed by atoms with E-state index < -0.39 is 0 Å². The lowest BCUT2D eigenvalue weighted by atomic mass is 9.92. The Labute approximate surface area is 77.8 Å². The van der Waals surface area contributed by atoms with E-state index >= 15 is 0 Å². The third-order valence-corrected chi connectivity index (χ3v) is 2.57. The van der Waals surface area contributed by atoms with Gasteiger partial charge in [-0.3, -0.25) is 10.3 Å². The van der Waals surface area contributed by atoms with Crippen molar-refractivity contribution in [3.63, 3.8) is 0 Å². The molecule has 70 valence electrons. The fourth-order valence-corrected chi connectivity index (χ4v) is 1.85. The normalized spacial score (nSPS) is 21.2. The molecule has 1 aromatic heterocycles. The van der Waals surface area contributed by atoms with Crippen LogP contribution < -0.4 is 5.32 Å². The Morgan fingerprint density at radius 2 is 2.54 bits per heavy atom. The van der Waals surface area contributed by atoms with Crippen LogP contribution in [0.15, 0.2) is 18.3 Å². The molecule has 0 radical (unpaired) electrons. The van der Waals surface area contributed by atoms with Gasteiger partial charge in [-0.1, -0.05) is 6.07 Å². The Morgan fingerprint density at radius 3 is 3.38 bits per heavy atom. The van der Waals surface area contributed by atoms with Crippen molar-refractivity contribution in [3.8, 4) is 0 Å². The predicted molar refractivity (Wildman–Crippen MR) is 50.3 cm³/mol. The summed E-state index contributed by atoms with van der Waals surface area (Å²) in [5.74, 6) is 0. The first-order chi connectivity index (χ1) is 6.40. The minimum Gasteiger partial charge on any atom is -0.381 e. The molecule has 2 rings (SSSR count). The molecule has 0 amide bonds. The van der Waals surface area contributed by atoms with Gasteiger partial charge >= 0.3 is 0 Å². The van der Waals surface area contributed by atoms with Crippen molar-refractivity contribution in [1.82, 2.24) is 10.3 Å². The van der Waals surface area contributed by atoms with E-state index in [2.05, 4.69) is 16.4 Å². The predicted octanol–water partition coefficient (Wildman–Crippen LogP) is 0.478. The first-order valence-corrected chi connectivity index (χ1v) is 4.67. The van der Waals surface area contributed by atoms with E-state index in [0.717, 1.165) is 19.3 Å². The molecule has 0 aliphatic heterocycles. The standard InChI is InChI=1S/C10H14N2O/c13-7-12-9-4-3-8-2-1-5-11-10(8)6-9/h1-2,5,9,12-13H,3-4,6-7H2. The molecule has 0 saturated heterocycles. The lowest BCUT2D eigenvalue weighted by Crippen LogP contribution is -2.35. The van der Waals surface area contributed by atoms with Gasteiger partial charge in [-0.2, -0.15) is 0 Å². The van der Waals surface area contributed by atoms with Gasteiger partial charge in [0.05, 0.1) is 6.73 Å². The van der Waals surface area contributed by atoms with Gasteiger partial charge < -0.3 is 5.11 Å². The van der Waals surface area contributed by atoms with Gasteiger partial charge in [-0.25, -0.2) is 0 Å². The topological polar surface area (TPSA) is 45.1 Å². The highest BCUT2D eigenvalue weighted by Crippen LogP contribution is 2.18. The Morgan fingerprint density at radius 1 is 1.62 bits per heavy atom. The van der Waals surface area contributed by atoms with E-state index in [9.17, 15) is 0 Å². The molecular weight excluding hydrogens is 164 g/mol. The number of aryl methyl sites for hydroxylation is 1.